The molecular weight excluding hydrogens is 352 g/mol. The van der Waals surface area contributed by atoms with Gasteiger partial charge in [-0.3, -0.25) is 4.79 Å². The summed E-state index contributed by atoms with van der Waals surface area (Å²) in [7, 11) is 0. The molecule has 0 aliphatic carbocycles. The number of benzene rings is 2. The molecule has 0 unspecified atom stereocenters. The van der Waals surface area contributed by atoms with Crippen LogP contribution < -0.4 is 14.6 Å². The van der Waals surface area contributed by atoms with Gasteiger partial charge in [0.05, 0.1) is 30.9 Å². The maximum absolute atomic E-state index is 13.4. The van der Waals surface area contributed by atoms with Crippen LogP contribution in [0.25, 0.3) is 10.9 Å². The number of anilines is 1. The van der Waals surface area contributed by atoms with Gasteiger partial charge in [0, 0.05) is 24.7 Å². The van der Waals surface area contributed by atoms with Gasteiger partial charge in [-0.15, -0.1) is 0 Å². The Morgan fingerprint density at radius 2 is 1.89 bits per heavy atom. The first-order valence-electron chi connectivity index (χ1n) is 9.72. The highest BCUT2D eigenvalue weighted by Gasteiger charge is 2.25. The monoisotopic (exact) mass is 377 g/mol. The Bertz CT molecular complexity index is 993. The van der Waals surface area contributed by atoms with Crippen molar-refractivity contribution in [1.82, 2.24) is 0 Å². The van der Waals surface area contributed by atoms with Gasteiger partial charge in [-0.25, -0.2) is 4.98 Å². The first-order chi connectivity index (χ1) is 13.7. The molecule has 1 fully saturated rings. The Labute approximate surface area is 164 Å². The number of aryl methyl sites for hydroxylation is 1. The minimum atomic E-state index is 0.00389. The molecule has 2 heterocycles. The topological polar surface area (TPSA) is 52.9 Å². The number of ketones is 1. The maximum Gasteiger partial charge on any atom is 0.212 e. The van der Waals surface area contributed by atoms with Crippen LogP contribution in [-0.2, 0) is 4.74 Å². The predicted octanol–water partition coefficient (Wildman–Crippen LogP) is 3.43. The quantitative estimate of drug-likeness (QED) is 0.639. The summed E-state index contributed by atoms with van der Waals surface area (Å²) in [5.74, 6) is 0.775. The number of hydrogen-bond acceptors (Lipinski definition) is 4. The minimum Gasteiger partial charge on any atom is -0.494 e. The smallest absolute Gasteiger partial charge is 0.212 e. The fourth-order valence-electron chi connectivity index (χ4n) is 3.67. The van der Waals surface area contributed by atoms with Gasteiger partial charge in [-0.2, -0.15) is 0 Å². The highest BCUT2D eigenvalue weighted by atomic mass is 16.5. The van der Waals surface area contributed by atoms with Crippen LogP contribution >= 0.6 is 0 Å². The van der Waals surface area contributed by atoms with E-state index in [-0.39, 0.29) is 5.78 Å². The van der Waals surface area contributed by atoms with Gasteiger partial charge in [0.25, 0.3) is 0 Å². The molecule has 3 aromatic rings. The van der Waals surface area contributed by atoms with E-state index in [4.69, 9.17) is 9.47 Å². The molecule has 1 aromatic heterocycles. The van der Waals surface area contributed by atoms with Crippen LogP contribution in [0.5, 0.6) is 5.75 Å². The van der Waals surface area contributed by atoms with Gasteiger partial charge in [0.15, 0.2) is 6.20 Å². The van der Waals surface area contributed by atoms with E-state index in [0.717, 1.165) is 35.4 Å². The molecule has 0 amide bonds. The molecule has 0 radical (unpaired) electrons. The number of fused-ring (bicyclic) bond motifs is 1. The molecule has 1 N–H and O–H groups in total. The summed E-state index contributed by atoms with van der Waals surface area (Å²) < 4.78 is 11.0. The van der Waals surface area contributed by atoms with E-state index in [2.05, 4.69) is 35.0 Å². The lowest BCUT2D eigenvalue weighted by Crippen LogP contribution is -2.37. The summed E-state index contributed by atoms with van der Waals surface area (Å²) in [5, 5.41) is 1.07. The summed E-state index contributed by atoms with van der Waals surface area (Å²) in [4.78, 5) is 19.0. The molecule has 4 rings (SSSR count). The molecule has 0 saturated carbocycles. The minimum absolute atomic E-state index is 0.00389. The number of carbonyl (C=O) groups excluding carboxylic acids is 1. The number of carbonyl (C=O) groups is 1. The Hall–Kier alpha value is -2.92. The van der Waals surface area contributed by atoms with E-state index in [0.29, 0.717) is 30.9 Å². The lowest BCUT2D eigenvalue weighted by molar-refractivity contribution is -0.344. The second kappa shape index (κ2) is 7.98. The Kier molecular flexibility index (Phi) is 5.26. The Morgan fingerprint density at radius 3 is 2.61 bits per heavy atom. The van der Waals surface area contributed by atoms with Crippen molar-refractivity contribution in [2.24, 2.45) is 0 Å². The van der Waals surface area contributed by atoms with Crippen molar-refractivity contribution in [2.45, 2.75) is 13.8 Å². The molecular formula is C23H25N2O3+. The summed E-state index contributed by atoms with van der Waals surface area (Å²) in [6.07, 6.45) is 1.83. The van der Waals surface area contributed by atoms with Crippen molar-refractivity contribution in [3.05, 3.63) is 65.4 Å². The lowest BCUT2D eigenvalue weighted by Gasteiger charge is -2.30. The Balaban J connectivity index is 1.81. The maximum atomic E-state index is 13.4. The summed E-state index contributed by atoms with van der Waals surface area (Å²) >= 11 is 0. The number of ether oxygens (including phenoxy) is 2. The normalized spacial score (nSPS) is 14.3. The van der Waals surface area contributed by atoms with E-state index < -0.39 is 0 Å². The van der Waals surface area contributed by atoms with Crippen LogP contribution in [0, 0.1) is 6.92 Å². The van der Waals surface area contributed by atoms with Crippen LogP contribution in [0.4, 0.5) is 5.69 Å². The molecule has 5 nitrogen and oxygen atoms in total. The zero-order chi connectivity index (χ0) is 19.5. The van der Waals surface area contributed by atoms with Gasteiger partial charge in [0.2, 0.25) is 11.3 Å². The average molecular weight is 377 g/mol. The van der Waals surface area contributed by atoms with Crippen LogP contribution in [0.15, 0.2) is 48.7 Å². The number of pyridine rings is 1. The fourth-order valence-corrected chi connectivity index (χ4v) is 3.67. The average Bonchev–Trinajstić information content (AvgIpc) is 2.74. The van der Waals surface area contributed by atoms with Crippen LogP contribution in [-0.4, -0.2) is 38.7 Å². The first-order valence-corrected chi connectivity index (χ1v) is 9.72. The molecule has 0 atom stereocenters. The molecule has 5 heteroatoms. The predicted molar refractivity (Wildman–Crippen MR) is 109 cm³/mol. The number of H-pyrrole nitrogens is 1. The van der Waals surface area contributed by atoms with Crippen molar-refractivity contribution >= 4 is 22.4 Å². The number of rotatable bonds is 5. The molecule has 1 saturated heterocycles. The van der Waals surface area contributed by atoms with E-state index in [1.165, 1.54) is 5.56 Å². The van der Waals surface area contributed by atoms with Gasteiger partial charge in [-0.1, -0.05) is 6.07 Å². The SMILES string of the molecule is CCOc1ccc(C(=O)c2c[nH+]c3ccc(C)cc3c2N2CCOCC2)cc1. The van der Waals surface area contributed by atoms with Crippen molar-refractivity contribution in [3.8, 4) is 5.75 Å². The third kappa shape index (κ3) is 3.58. The van der Waals surface area contributed by atoms with Gasteiger partial charge < -0.3 is 14.4 Å². The highest BCUT2D eigenvalue weighted by Crippen LogP contribution is 2.31. The number of aromatic nitrogens is 1. The van der Waals surface area contributed by atoms with E-state index >= 15 is 0 Å². The Morgan fingerprint density at radius 1 is 1.14 bits per heavy atom. The van der Waals surface area contributed by atoms with Crippen molar-refractivity contribution in [1.29, 1.82) is 0 Å². The number of aromatic amines is 1. The van der Waals surface area contributed by atoms with Crippen LogP contribution in [0.1, 0.15) is 28.4 Å². The zero-order valence-electron chi connectivity index (χ0n) is 16.3. The van der Waals surface area contributed by atoms with Gasteiger partial charge in [0.1, 0.15) is 11.3 Å². The molecule has 144 valence electrons. The molecule has 1 aliphatic rings. The van der Waals surface area contributed by atoms with E-state index in [1.807, 2.05) is 37.4 Å². The molecule has 0 spiro atoms. The number of hydrogen-bond donors (Lipinski definition) is 0. The van der Waals surface area contributed by atoms with Crippen LogP contribution in [0.2, 0.25) is 0 Å². The van der Waals surface area contributed by atoms with Crippen LogP contribution in [0.3, 0.4) is 0 Å². The number of morpholine rings is 1. The lowest BCUT2D eigenvalue weighted by atomic mass is 9.99. The van der Waals surface area contributed by atoms with Gasteiger partial charge in [-0.05, 0) is 49.7 Å². The van der Waals surface area contributed by atoms with E-state index in [9.17, 15) is 4.79 Å². The first kappa shape index (κ1) is 18.4. The molecule has 0 bridgehead atoms. The van der Waals surface area contributed by atoms with Crippen molar-refractivity contribution in [3.63, 3.8) is 0 Å². The second-order valence-corrected chi connectivity index (χ2v) is 6.99. The summed E-state index contributed by atoms with van der Waals surface area (Å²) in [6, 6.07) is 13.6. The third-order valence-electron chi connectivity index (χ3n) is 5.06. The largest absolute Gasteiger partial charge is 0.494 e. The fraction of sp³-hybridized carbons (Fsp3) is 0.304. The molecule has 1 aliphatic heterocycles. The summed E-state index contributed by atoms with van der Waals surface area (Å²) in [6.45, 7) is 7.51. The number of nitrogens with one attached hydrogen (secondary N) is 1. The molecule has 28 heavy (non-hydrogen) atoms. The number of nitrogens with zero attached hydrogens (tertiary/aromatic N) is 1. The zero-order valence-corrected chi connectivity index (χ0v) is 16.3. The second-order valence-electron chi connectivity index (χ2n) is 6.99. The highest BCUT2D eigenvalue weighted by molar-refractivity contribution is 6.15. The molecule has 2 aromatic carbocycles. The summed E-state index contributed by atoms with van der Waals surface area (Å²) in [5.41, 5.74) is 4.51. The standard InChI is InChI=1S/C23H24N2O3/c1-3-28-18-7-5-17(6-8-18)23(26)20-15-24-21-9-4-16(2)14-19(21)22(20)25-10-12-27-13-11-25/h4-9,14-15H,3,10-13H2,1-2H3/p+1. The van der Waals surface area contributed by atoms with Crippen molar-refractivity contribution in [2.75, 3.05) is 37.8 Å². The van der Waals surface area contributed by atoms with E-state index in [1.54, 1.807) is 0 Å². The third-order valence-corrected chi connectivity index (χ3v) is 5.06. The van der Waals surface area contributed by atoms with Gasteiger partial charge >= 0.3 is 0 Å². The van der Waals surface area contributed by atoms with Crippen molar-refractivity contribution < 1.29 is 19.3 Å².